The van der Waals surface area contributed by atoms with Crippen LogP contribution in [0.3, 0.4) is 0 Å². The Kier molecular flexibility index (Phi) is 4.09. The molecule has 0 amide bonds. The van der Waals surface area contributed by atoms with Gasteiger partial charge in [0.25, 0.3) is 0 Å². The molecule has 1 unspecified atom stereocenters. The summed E-state index contributed by atoms with van der Waals surface area (Å²) in [5.41, 5.74) is 0.692. The highest BCUT2D eigenvalue weighted by atomic mass is 19.1. The van der Waals surface area contributed by atoms with Crippen molar-refractivity contribution in [3.63, 3.8) is 0 Å². The Hall–Kier alpha value is -1.98. The largest absolute Gasteiger partial charge is 0.324 e. The monoisotopic (exact) mass is 307 g/mol. The van der Waals surface area contributed by atoms with Crippen LogP contribution in [0.4, 0.5) is 14.8 Å². The maximum atomic E-state index is 13.2. The normalized spacial score (nSPS) is 18.4. The molecule has 1 saturated heterocycles. The van der Waals surface area contributed by atoms with Crippen LogP contribution in [0.15, 0.2) is 22.7 Å². The van der Waals surface area contributed by atoms with Crippen LogP contribution in [0.2, 0.25) is 0 Å². The van der Waals surface area contributed by atoms with Crippen molar-refractivity contribution in [2.75, 3.05) is 18.0 Å². The molecule has 1 atom stereocenters. The number of nitrogens with zero attached hydrogens (tertiary/aromatic N) is 3. The molecule has 1 aromatic carbocycles. The maximum Gasteiger partial charge on any atom is 0.324 e. The first kappa shape index (κ1) is 14.9. The van der Waals surface area contributed by atoms with Crippen molar-refractivity contribution in [2.24, 2.45) is 5.92 Å². The molecule has 1 aliphatic rings. The summed E-state index contributed by atoms with van der Waals surface area (Å²) >= 11 is 0. The summed E-state index contributed by atoms with van der Waals surface area (Å²) in [7, 11) is 0. The van der Waals surface area contributed by atoms with Gasteiger partial charge in [-0.2, -0.15) is 4.98 Å². The Balaban J connectivity index is 1.64. The van der Waals surface area contributed by atoms with E-state index in [1.165, 1.54) is 12.1 Å². The number of hydrogen-bond acceptors (Lipinski definition) is 4. The van der Waals surface area contributed by atoms with E-state index in [1.54, 1.807) is 0 Å². The number of hydrogen-bond donors (Lipinski definition) is 0. The summed E-state index contributed by atoms with van der Waals surface area (Å²) in [6, 6.07) is 4.23. The molecule has 0 aliphatic carbocycles. The lowest BCUT2D eigenvalue weighted by Gasteiger charge is -2.13. The Morgan fingerprint density at radius 2 is 2.00 bits per heavy atom. The first-order valence-electron chi connectivity index (χ1n) is 7.55. The van der Waals surface area contributed by atoms with Crippen molar-refractivity contribution >= 4 is 6.01 Å². The van der Waals surface area contributed by atoms with Gasteiger partial charge in [-0.25, -0.2) is 8.78 Å². The van der Waals surface area contributed by atoms with Gasteiger partial charge >= 0.3 is 6.01 Å². The van der Waals surface area contributed by atoms with Crippen LogP contribution in [-0.2, 0) is 6.42 Å². The minimum absolute atomic E-state index is 0.228. The molecule has 0 N–H and O–H groups in total. The van der Waals surface area contributed by atoms with Gasteiger partial charge in [0.2, 0.25) is 0 Å². The maximum absolute atomic E-state index is 13.2. The lowest BCUT2D eigenvalue weighted by Crippen LogP contribution is -2.20. The molecule has 3 rings (SSSR count). The van der Waals surface area contributed by atoms with Gasteiger partial charge < -0.3 is 9.42 Å². The zero-order valence-corrected chi connectivity index (χ0v) is 12.7. The van der Waals surface area contributed by atoms with Gasteiger partial charge in [-0.1, -0.05) is 19.0 Å². The Labute approximate surface area is 128 Å². The second-order valence-electron chi connectivity index (χ2n) is 6.17. The summed E-state index contributed by atoms with van der Waals surface area (Å²) < 4.78 is 31.8. The molecule has 0 saturated carbocycles. The van der Waals surface area contributed by atoms with Gasteiger partial charge in [-0.15, -0.1) is 0 Å². The fraction of sp³-hybridized carbons (Fsp3) is 0.500. The van der Waals surface area contributed by atoms with E-state index in [2.05, 4.69) is 10.1 Å². The zero-order chi connectivity index (χ0) is 15.7. The molecule has 4 nitrogen and oxygen atoms in total. The summed E-state index contributed by atoms with van der Waals surface area (Å²) in [6.07, 6.45) is 1.59. The molecule has 0 radical (unpaired) electrons. The third-order valence-corrected chi connectivity index (χ3v) is 3.95. The summed E-state index contributed by atoms with van der Waals surface area (Å²) in [4.78, 5) is 6.43. The molecule has 2 heterocycles. The summed E-state index contributed by atoms with van der Waals surface area (Å²) in [5.74, 6) is 0.207. The van der Waals surface area contributed by atoms with Crippen molar-refractivity contribution in [1.29, 1.82) is 0 Å². The second-order valence-corrected chi connectivity index (χ2v) is 6.17. The third kappa shape index (κ3) is 3.26. The highest BCUT2D eigenvalue weighted by Crippen LogP contribution is 2.26. The van der Waals surface area contributed by atoms with Crippen LogP contribution in [-0.4, -0.2) is 23.2 Å². The third-order valence-electron chi connectivity index (χ3n) is 3.95. The average molecular weight is 307 g/mol. The van der Waals surface area contributed by atoms with Gasteiger partial charge in [0.15, 0.2) is 5.82 Å². The topological polar surface area (TPSA) is 42.2 Å². The van der Waals surface area contributed by atoms with Crippen LogP contribution < -0.4 is 4.90 Å². The minimum Gasteiger partial charge on any atom is -0.324 e. The standard InChI is InChI=1S/C16H19F2N3O/c1-10(2)15-19-16(22-20-15)21-4-3-11(9-21)5-12-6-13(17)8-14(18)7-12/h6-8,10-11H,3-5,9H2,1-2H3. The van der Waals surface area contributed by atoms with Crippen LogP contribution in [0.25, 0.3) is 0 Å². The molecule has 2 aromatic rings. The lowest BCUT2D eigenvalue weighted by molar-refractivity contribution is 0.407. The first-order valence-corrected chi connectivity index (χ1v) is 7.55. The van der Waals surface area contributed by atoms with Crippen LogP contribution >= 0.6 is 0 Å². The number of aromatic nitrogens is 2. The highest BCUT2D eigenvalue weighted by Gasteiger charge is 2.27. The average Bonchev–Trinajstić information content (AvgIpc) is 3.05. The summed E-state index contributed by atoms with van der Waals surface area (Å²) in [6.45, 7) is 5.61. The predicted molar refractivity (Wildman–Crippen MR) is 78.8 cm³/mol. The van der Waals surface area contributed by atoms with Gasteiger partial charge in [-0.3, -0.25) is 0 Å². The molecule has 22 heavy (non-hydrogen) atoms. The van der Waals surface area contributed by atoms with Crippen molar-refractivity contribution in [3.05, 3.63) is 41.2 Å². The quantitative estimate of drug-likeness (QED) is 0.866. The SMILES string of the molecule is CC(C)c1noc(N2CCC(Cc3cc(F)cc(F)c3)C2)n1. The van der Waals surface area contributed by atoms with E-state index in [4.69, 9.17) is 4.52 Å². The van der Waals surface area contributed by atoms with E-state index >= 15 is 0 Å². The molecule has 1 aliphatic heterocycles. The van der Waals surface area contributed by atoms with E-state index in [-0.39, 0.29) is 5.92 Å². The van der Waals surface area contributed by atoms with E-state index in [1.807, 2.05) is 18.7 Å². The number of halogens is 2. The molecule has 0 bridgehead atoms. The second kappa shape index (κ2) is 6.02. The molecule has 1 fully saturated rings. The minimum atomic E-state index is -0.525. The zero-order valence-electron chi connectivity index (χ0n) is 12.7. The number of benzene rings is 1. The lowest BCUT2D eigenvalue weighted by atomic mass is 9.98. The van der Waals surface area contributed by atoms with Crippen molar-refractivity contribution in [1.82, 2.24) is 10.1 Å². The smallest absolute Gasteiger partial charge is 0.324 e. The van der Waals surface area contributed by atoms with Crippen LogP contribution in [0.5, 0.6) is 0 Å². The molecular weight excluding hydrogens is 288 g/mol. The Bertz CT molecular complexity index is 636. The van der Waals surface area contributed by atoms with Crippen molar-refractivity contribution in [2.45, 2.75) is 32.6 Å². The molecule has 6 heteroatoms. The molecule has 1 aromatic heterocycles. The van der Waals surface area contributed by atoms with Gasteiger partial charge in [-0.05, 0) is 36.5 Å². The van der Waals surface area contributed by atoms with E-state index < -0.39 is 11.6 Å². The molecule has 0 spiro atoms. The first-order chi connectivity index (χ1) is 10.5. The predicted octanol–water partition coefficient (Wildman–Crippen LogP) is 3.54. The van der Waals surface area contributed by atoms with Gasteiger partial charge in [0.1, 0.15) is 11.6 Å². The number of anilines is 1. The molecular formula is C16H19F2N3O. The van der Waals surface area contributed by atoms with Gasteiger partial charge in [0, 0.05) is 25.1 Å². The van der Waals surface area contributed by atoms with Crippen molar-refractivity contribution in [3.8, 4) is 0 Å². The Morgan fingerprint density at radius 1 is 1.27 bits per heavy atom. The van der Waals surface area contributed by atoms with E-state index in [0.29, 0.717) is 29.7 Å². The van der Waals surface area contributed by atoms with E-state index in [9.17, 15) is 8.78 Å². The Morgan fingerprint density at radius 3 is 2.64 bits per heavy atom. The van der Waals surface area contributed by atoms with E-state index in [0.717, 1.165) is 25.6 Å². The fourth-order valence-corrected chi connectivity index (χ4v) is 2.82. The fourth-order valence-electron chi connectivity index (χ4n) is 2.82. The van der Waals surface area contributed by atoms with Crippen LogP contribution in [0, 0.1) is 17.6 Å². The van der Waals surface area contributed by atoms with Gasteiger partial charge in [0.05, 0.1) is 0 Å². The van der Waals surface area contributed by atoms with Crippen molar-refractivity contribution < 1.29 is 13.3 Å². The summed E-state index contributed by atoms with van der Waals surface area (Å²) in [5, 5.41) is 3.97. The highest BCUT2D eigenvalue weighted by molar-refractivity contribution is 5.28. The number of rotatable bonds is 4. The van der Waals surface area contributed by atoms with Crippen LogP contribution in [0.1, 0.15) is 37.6 Å². The molecule has 118 valence electrons.